The number of amides is 1. The van der Waals surface area contributed by atoms with Crippen molar-refractivity contribution in [3.63, 3.8) is 0 Å². The summed E-state index contributed by atoms with van der Waals surface area (Å²) in [5.74, 6) is 0.177. The number of ketones is 1. The molecule has 0 radical (unpaired) electrons. The summed E-state index contributed by atoms with van der Waals surface area (Å²) < 4.78 is 0. The van der Waals surface area contributed by atoms with Crippen LogP contribution < -0.4 is 0 Å². The van der Waals surface area contributed by atoms with E-state index in [1.807, 2.05) is 18.0 Å². The first-order valence-corrected chi connectivity index (χ1v) is 9.01. The van der Waals surface area contributed by atoms with Crippen LogP contribution in [0.25, 0.3) is 0 Å². The number of carbonyl (C=O) groups is 2. The summed E-state index contributed by atoms with van der Waals surface area (Å²) in [6.07, 6.45) is 8.46. The highest BCUT2D eigenvalue weighted by Crippen LogP contribution is 2.43. The Morgan fingerprint density at radius 1 is 1.32 bits per heavy atom. The summed E-state index contributed by atoms with van der Waals surface area (Å²) in [6, 6.07) is 0.244. The quantitative estimate of drug-likeness (QED) is 0.868. The number of H-pyrrole nitrogens is 1. The molecule has 0 spiro atoms. The molecule has 5 rings (SSSR count). The minimum absolute atomic E-state index is 0.0155. The van der Waals surface area contributed by atoms with Crippen molar-refractivity contribution in [3.8, 4) is 0 Å². The number of aromatic amines is 1. The lowest BCUT2D eigenvalue weighted by Crippen LogP contribution is -2.42. The van der Waals surface area contributed by atoms with E-state index in [0.29, 0.717) is 12.1 Å². The third kappa shape index (κ3) is 2.03. The first-order valence-electron chi connectivity index (χ1n) is 9.01. The lowest BCUT2D eigenvalue weighted by molar-refractivity contribution is 0.0637. The van der Waals surface area contributed by atoms with Crippen LogP contribution in [0.15, 0.2) is 12.5 Å². The smallest absolute Gasteiger partial charge is 0.271 e. The molecule has 6 nitrogen and oxygen atoms in total. The zero-order valence-electron chi connectivity index (χ0n) is 14.2. The number of carbonyl (C=O) groups excluding carboxylic acids is 2. The average molecular weight is 336 g/mol. The van der Waals surface area contributed by atoms with Gasteiger partial charge in [0, 0.05) is 41.9 Å². The van der Waals surface area contributed by atoms with Crippen LogP contribution in [0.3, 0.4) is 0 Å². The third-order valence-corrected chi connectivity index (χ3v) is 6.00. The van der Waals surface area contributed by atoms with Crippen LogP contribution >= 0.6 is 0 Å². The van der Waals surface area contributed by atoms with Gasteiger partial charge in [0.25, 0.3) is 5.91 Å². The average Bonchev–Trinajstić information content (AvgIpc) is 3.12. The van der Waals surface area contributed by atoms with Crippen LogP contribution in [0.4, 0.5) is 0 Å². The van der Waals surface area contributed by atoms with E-state index < -0.39 is 0 Å². The zero-order valence-corrected chi connectivity index (χ0v) is 14.2. The van der Waals surface area contributed by atoms with Gasteiger partial charge in [0.1, 0.15) is 12.0 Å². The van der Waals surface area contributed by atoms with Crippen LogP contribution in [-0.4, -0.2) is 37.6 Å². The zero-order chi connectivity index (χ0) is 17.1. The second-order valence-corrected chi connectivity index (χ2v) is 7.34. The van der Waals surface area contributed by atoms with Gasteiger partial charge in [0.05, 0.1) is 11.7 Å². The number of rotatable bonds is 1. The van der Waals surface area contributed by atoms with Crippen molar-refractivity contribution < 1.29 is 9.59 Å². The van der Waals surface area contributed by atoms with E-state index in [4.69, 9.17) is 0 Å². The summed E-state index contributed by atoms with van der Waals surface area (Å²) in [7, 11) is 0. The van der Waals surface area contributed by atoms with Crippen molar-refractivity contribution in [2.45, 2.75) is 57.5 Å². The first-order chi connectivity index (χ1) is 12.1. The highest BCUT2D eigenvalue weighted by molar-refractivity contribution is 6.04. The van der Waals surface area contributed by atoms with Crippen molar-refractivity contribution in [2.24, 2.45) is 0 Å². The molecule has 1 fully saturated rings. The molecule has 4 heterocycles. The van der Waals surface area contributed by atoms with E-state index >= 15 is 0 Å². The summed E-state index contributed by atoms with van der Waals surface area (Å²) in [5, 5.41) is 0. The number of hydrogen-bond donors (Lipinski definition) is 1. The molecule has 2 unspecified atom stereocenters. The van der Waals surface area contributed by atoms with E-state index in [9.17, 15) is 9.59 Å². The van der Waals surface area contributed by atoms with E-state index in [1.54, 1.807) is 6.33 Å². The van der Waals surface area contributed by atoms with Crippen LogP contribution in [0.1, 0.15) is 75.1 Å². The maximum Gasteiger partial charge on any atom is 0.271 e. The van der Waals surface area contributed by atoms with Crippen LogP contribution in [-0.2, 0) is 12.8 Å². The predicted octanol–water partition coefficient (Wildman–Crippen LogP) is 2.53. The second kappa shape index (κ2) is 5.25. The maximum absolute atomic E-state index is 13.4. The molecule has 6 heteroatoms. The molecule has 2 bridgehead atoms. The molecule has 2 aliphatic heterocycles. The molecule has 0 saturated carbocycles. The van der Waals surface area contributed by atoms with E-state index in [-0.39, 0.29) is 23.8 Å². The molecule has 128 valence electrons. The monoisotopic (exact) mass is 336 g/mol. The van der Waals surface area contributed by atoms with Gasteiger partial charge in [-0.25, -0.2) is 9.97 Å². The van der Waals surface area contributed by atoms with Crippen molar-refractivity contribution in [2.75, 3.05) is 0 Å². The van der Waals surface area contributed by atoms with Crippen molar-refractivity contribution in [3.05, 3.63) is 46.3 Å². The Kier molecular flexibility index (Phi) is 3.11. The van der Waals surface area contributed by atoms with Crippen LogP contribution in [0, 0.1) is 6.92 Å². The van der Waals surface area contributed by atoms with E-state index in [1.165, 1.54) is 0 Å². The highest BCUT2D eigenvalue weighted by Gasteiger charge is 2.44. The van der Waals surface area contributed by atoms with Crippen molar-refractivity contribution in [1.29, 1.82) is 0 Å². The standard InChI is InChI=1S/C19H20N4O2/c1-10-17-13(3-2-4-16(17)24)22-18(10)19(25)23-11-5-6-15(23)12-8-20-9-21-14(12)7-11/h8-9,11,15,22H,2-7H2,1H3. The second-order valence-electron chi connectivity index (χ2n) is 7.34. The molecule has 1 aliphatic carbocycles. The summed E-state index contributed by atoms with van der Waals surface area (Å²) in [4.78, 5) is 39.5. The SMILES string of the molecule is Cc1c(C(=O)N2C3CCC2c2cncnc2C3)[nH]c2c1C(=O)CCC2. The number of aromatic nitrogens is 3. The fourth-order valence-corrected chi connectivity index (χ4v) is 4.85. The van der Waals surface area contributed by atoms with Gasteiger partial charge in [0.2, 0.25) is 0 Å². The molecule has 2 aromatic rings. The lowest BCUT2D eigenvalue weighted by Gasteiger charge is -2.35. The number of aryl methyl sites for hydroxylation is 1. The molecule has 3 aliphatic rings. The van der Waals surface area contributed by atoms with Crippen LogP contribution in [0.5, 0.6) is 0 Å². The molecule has 0 aromatic carbocycles. The van der Waals surface area contributed by atoms with Crippen molar-refractivity contribution in [1.82, 2.24) is 19.9 Å². The minimum Gasteiger partial charge on any atom is -0.354 e. The van der Waals surface area contributed by atoms with Gasteiger partial charge in [-0.2, -0.15) is 0 Å². The van der Waals surface area contributed by atoms with Gasteiger partial charge in [0.15, 0.2) is 5.78 Å². The van der Waals surface area contributed by atoms with Gasteiger partial charge in [-0.3, -0.25) is 9.59 Å². The maximum atomic E-state index is 13.4. The largest absolute Gasteiger partial charge is 0.354 e. The molecule has 1 N–H and O–H groups in total. The van der Waals surface area contributed by atoms with E-state index in [2.05, 4.69) is 15.0 Å². The Balaban J connectivity index is 1.55. The van der Waals surface area contributed by atoms with Gasteiger partial charge in [-0.05, 0) is 38.2 Å². The molecule has 2 aromatic heterocycles. The van der Waals surface area contributed by atoms with E-state index in [0.717, 1.165) is 60.2 Å². The van der Waals surface area contributed by atoms with Gasteiger partial charge in [-0.1, -0.05) is 0 Å². The first kappa shape index (κ1) is 14.8. The third-order valence-electron chi connectivity index (χ3n) is 6.00. The Morgan fingerprint density at radius 2 is 2.20 bits per heavy atom. The Labute approximate surface area is 145 Å². The van der Waals surface area contributed by atoms with Crippen LogP contribution in [0.2, 0.25) is 0 Å². The molecule has 2 atom stereocenters. The minimum atomic E-state index is 0.0155. The lowest BCUT2D eigenvalue weighted by atomic mass is 9.93. The van der Waals surface area contributed by atoms with Crippen molar-refractivity contribution >= 4 is 11.7 Å². The molecule has 1 saturated heterocycles. The number of nitrogens with zero attached hydrogens (tertiary/aromatic N) is 3. The number of fused-ring (bicyclic) bond motifs is 5. The molecular weight excluding hydrogens is 316 g/mol. The topological polar surface area (TPSA) is 79.0 Å². The summed E-state index contributed by atoms with van der Waals surface area (Å²) in [5.41, 5.74) is 5.25. The summed E-state index contributed by atoms with van der Waals surface area (Å²) in [6.45, 7) is 1.90. The predicted molar refractivity (Wildman–Crippen MR) is 90.5 cm³/mol. The molecular formula is C19H20N4O2. The molecule has 25 heavy (non-hydrogen) atoms. The van der Waals surface area contributed by atoms with Gasteiger partial charge in [-0.15, -0.1) is 0 Å². The number of hydrogen-bond acceptors (Lipinski definition) is 4. The number of Topliss-reactive ketones (excluding diaryl/α,β-unsaturated/α-hetero) is 1. The summed E-state index contributed by atoms with van der Waals surface area (Å²) >= 11 is 0. The fraction of sp³-hybridized carbons (Fsp3) is 0.474. The Bertz CT molecular complexity index is 901. The van der Waals surface area contributed by atoms with Gasteiger partial charge < -0.3 is 9.88 Å². The highest BCUT2D eigenvalue weighted by atomic mass is 16.2. The fourth-order valence-electron chi connectivity index (χ4n) is 4.85. The number of nitrogens with one attached hydrogen (secondary N) is 1. The normalized spacial score (nSPS) is 24.2. The Hall–Kier alpha value is -2.50. The Morgan fingerprint density at radius 3 is 3.04 bits per heavy atom. The molecule has 1 amide bonds. The van der Waals surface area contributed by atoms with Gasteiger partial charge >= 0.3 is 0 Å².